The highest BCUT2D eigenvalue weighted by molar-refractivity contribution is 7.21. The van der Waals surface area contributed by atoms with Gasteiger partial charge in [-0.1, -0.05) is 107 Å². The first-order valence-corrected chi connectivity index (χ1v) is 15.1. The lowest BCUT2D eigenvalue weighted by molar-refractivity contribution is 0.590. The number of aromatic nitrogens is 1. The molecular formula is C38H34N2S. The van der Waals surface area contributed by atoms with E-state index in [0.717, 1.165) is 33.1 Å². The average molecular weight is 551 g/mol. The van der Waals surface area contributed by atoms with E-state index in [1.54, 1.807) is 11.3 Å². The van der Waals surface area contributed by atoms with E-state index < -0.39 is 0 Å². The van der Waals surface area contributed by atoms with Crippen molar-refractivity contribution in [1.29, 1.82) is 0 Å². The molecule has 5 aromatic carbocycles. The van der Waals surface area contributed by atoms with Crippen LogP contribution in [0, 0.1) is 0 Å². The van der Waals surface area contributed by atoms with Crippen molar-refractivity contribution in [1.82, 2.24) is 4.98 Å². The largest absolute Gasteiger partial charge is 0.310 e. The third kappa shape index (κ3) is 4.36. The molecule has 1 aromatic heterocycles. The monoisotopic (exact) mass is 550 g/mol. The van der Waals surface area contributed by atoms with Gasteiger partial charge in [-0.25, -0.2) is 4.98 Å². The number of rotatable bonds is 4. The van der Waals surface area contributed by atoms with Crippen molar-refractivity contribution in [2.75, 3.05) is 4.90 Å². The molecule has 0 bridgehead atoms. The molecule has 0 saturated heterocycles. The predicted octanol–water partition coefficient (Wildman–Crippen LogP) is 11.0. The second kappa shape index (κ2) is 9.43. The minimum absolute atomic E-state index is 0.0623. The third-order valence-corrected chi connectivity index (χ3v) is 9.55. The van der Waals surface area contributed by atoms with E-state index in [1.165, 1.54) is 32.5 Å². The Morgan fingerprint density at radius 3 is 2.02 bits per heavy atom. The molecule has 0 atom stereocenters. The Morgan fingerprint density at radius 2 is 1.27 bits per heavy atom. The van der Waals surface area contributed by atoms with Crippen LogP contribution in [0.25, 0.3) is 31.9 Å². The molecule has 1 aliphatic rings. The van der Waals surface area contributed by atoms with Crippen molar-refractivity contribution in [2.45, 2.75) is 45.4 Å². The summed E-state index contributed by atoms with van der Waals surface area (Å²) in [6, 6.07) is 42.0. The van der Waals surface area contributed by atoms with Gasteiger partial charge in [-0.15, -0.1) is 11.3 Å². The topological polar surface area (TPSA) is 16.1 Å². The Morgan fingerprint density at radius 1 is 0.634 bits per heavy atom. The number of thiazole rings is 1. The molecule has 0 N–H and O–H groups in total. The first-order valence-electron chi connectivity index (χ1n) is 14.3. The molecule has 3 heteroatoms. The van der Waals surface area contributed by atoms with Crippen LogP contribution in [0.3, 0.4) is 0 Å². The first kappa shape index (κ1) is 25.7. The molecule has 0 aliphatic heterocycles. The SMILES string of the molecule is CC(C)(C)c1ccc(N(c2ccc3c(c2)C(C)(C)c2ccccc2-3)c2ccc3sc(-c4ccccc4)nc3c2)cc1. The molecule has 2 nitrogen and oxygen atoms in total. The molecule has 0 saturated carbocycles. The summed E-state index contributed by atoms with van der Waals surface area (Å²) in [4.78, 5) is 7.44. The fourth-order valence-electron chi connectivity index (χ4n) is 6.15. The lowest BCUT2D eigenvalue weighted by Gasteiger charge is -2.29. The second-order valence-electron chi connectivity index (χ2n) is 12.6. The van der Waals surface area contributed by atoms with Crippen molar-refractivity contribution >= 4 is 38.6 Å². The van der Waals surface area contributed by atoms with Crippen LogP contribution in [0.2, 0.25) is 0 Å². The fourth-order valence-corrected chi connectivity index (χ4v) is 7.10. The maximum Gasteiger partial charge on any atom is 0.124 e. The maximum atomic E-state index is 5.06. The van der Waals surface area contributed by atoms with E-state index in [1.807, 2.05) is 6.07 Å². The molecule has 41 heavy (non-hydrogen) atoms. The molecular weight excluding hydrogens is 516 g/mol. The van der Waals surface area contributed by atoms with E-state index >= 15 is 0 Å². The number of benzene rings is 5. The van der Waals surface area contributed by atoms with Crippen molar-refractivity contribution in [3.63, 3.8) is 0 Å². The molecule has 1 heterocycles. The summed E-state index contributed by atoms with van der Waals surface area (Å²) in [6.07, 6.45) is 0. The van der Waals surface area contributed by atoms with Crippen LogP contribution in [-0.4, -0.2) is 4.98 Å². The van der Waals surface area contributed by atoms with Crippen molar-refractivity contribution < 1.29 is 0 Å². The van der Waals surface area contributed by atoms with Crippen LogP contribution in [0.1, 0.15) is 51.3 Å². The van der Waals surface area contributed by atoms with Gasteiger partial charge in [0.2, 0.25) is 0 Å². The first-order chi connectivity index (χ1) is 19.7. The van der Waals surface area contributed by atoms with Gasteiger partial charge in [0.05, 0.1) is 10.2 Å². The molecule has 0 spiro atoms. The Bertz CT molecular complexity index is 1890. The Kier molecular flexibility index (Phi) is 5.92. The van der Waals surface area contributed by atoms with Gasteiger partial charge in [0, 0.05) is 28.0 Å². The summed E-state index contributed by atoms with van der Waals surface area (Å²) >= 11 is 1.75. The number of anilines is 3. The van der Waals surface area contributed by atoms with Crippen molar-refractivity contribution in [3.8, 4) is 21.7 Å². The van der Waals surface area contributed by atoms with E-state index in [9.17, 15) is 0 Å². The summed E-state index contributed by atoms with van der Waals surface area (Å²) in [5.41, 5.74) is 12.4. The summed E-state index contributed by atoms with van der Waals surface area (Å²) in [5.74, 6) is 0. The summed E-state index contributed by atoms with van der Waals surface area (Å²) in [5, 5.41) is 1.05. The van der Waals surface area contributed by atoms with Gasteiger partial charge in [0.25, 0.3) is 0 Å². The van der Waals surface area contributed by atoms with Gasteiger partial charge in [-0.3, -0.25) is 0 Å². The molecule has 0 radical (unpaired) electrons. The highest BCUT2D eigenvalue weighted by Gasteiger charge is 2.35. The Hall–Kier alpha value is -4.21. The number of nitrogens with zero attached hydrogens (tertiary/aromatic N) is 2. The number of hydrogen-bond donors (Lipinski definition) is 0. The van der Waals surface area contributed by atoms with Crippen LogP contribution in [0.4, 0.5) is 17.1 Å². The van der Waals surface area contributed by atoms with E-state index in [4.69, 9.17) is 4.98 Å². The zero-order chi connectivity index (χ0) is 28.4. The van der Waals surface area contributed by atoms with Gasteiger partial charge in [0.15, 0.2) is 0 Å². The Balaban J connectivity index is 1.38. The Labute approximate surface area is 247 Å². The number of hydrogen-bond acceptors (Lipinski definition) is 3. The maximum absolute atomic E-state index is 5.06. The van der Waals surface area contributed by atoms with Gasteiger partial charge in [0.1, 0.15) is 5.01 Å². The average Bonchev–Trinajstić information content (AvgIpc) is 3.50. The molecule has 1 aliphatic carbocycles. The molecule has 7 rings (SSSR count). The molecule has 0 unspecified atom stereocenters. The summed E-state index contributed by atoms with van der Waals surface area (Å²) < 4.78 is 1.20. The van der Waals surface area contributed by atoms with E-state index in [2.05, 4.69) is 149 Å². The molecule has 0 fully saturated rings. The van der Waals surface area contributed by atoms with Crippen LogP contribution < -0.4 is 4.90 Å². The minimum Gasteiger partial charge on any atom is -0.310 e. The molecule has 6 aromatic rings. The molecule has 202 valence electrons. The normalized spacial score (nSPS) is 13.7. The quantitative estimate of drug-likeness (QED) is 0.217. The van der Waals surface area contributed by atoms with Gasteiger partial charge < -0.3 is 4.90 Å². The van der Waals surface area contributed by atoms with Gasteiger partial charge in [-0.05, 0) is 75.7 Å². The smallest absolute Gasteiger partial charge is 0.124 e. The zero-order valence-electron chi connectivity index (χ0n) is 24.3. The molecule has 0 amide bonds. The standard InChI is InChI=1S/C38H34N2S/c1-37(2,3)26-15-17-27(18-16-26)40(28-19-21-31-30-13-9-10-14-32(30)38(4,5)33(31)23-28)29-20-22-35-34(24-29)39-36(41-35)25-11-7-6-8-12-25/h6-24H,1-5H3. The highest BCUT2D eigenvalue weighted by atomic mass is 32.1. The highest BCUT2D eigenvalue weighted by Crippen LogP contribution is 2.50. The van der Waals surface area contributed by atoms with Crippen LogP contribution in [0.15, 0.2) is 115 Å². The lowest BCUT2D eigenvalue weighted by Crippen LogP contribution is -2.17. The fraction of sp³-hybridized carbons (Fsp3) is 0.184. The predicted molar refractivity (Wildman–Crippen MR) is 176 cm³/mol. The van der Waals surface area contributed by atoms with E-state index in [-0.39, 0.29) is 10.8 Å². The van der Waals surface area contributed by atoms with Crippen LogP contribution in [0.5, 0.6) is 0 Å². The zero-order valence-corrected chi connectivity index (χ0v) is 25.1. The van der Waals surface area contributed by atoms with Crippen molar-refractivity contribution in [3.05, 3.63) is 132 Å². The second-order valence-corrected chi connectivity index (χ2v) is 13.6. The lowest BCUT2D eigenvalue weighted by atomic mass is 9.82. The van der Waals surface area contributed by atoms with Gasteiger partial charge >= 0.3 is 0 Å². The summed E-state index contributed by atoms with van der Waals surface area (Å²) in [6.45, 7) is 11.5. The van der Waals surface area contributed by atoms with Crippen LogP contribution in [-0.2, 0) is 10.8 Å². The number of fused-ring (bicyclic) bond motifs is 4. The van der Waals surface area contributed by atoms with E-state index in [0.29, 0.717) is 0 Å². The third-order valence-electron chi connectivity index (χ3n) is 8.47. The van der Waals surface area contributed by atoms with Gasteiger partial charge in [-0.2, -0.15) is 0 Å². The summed E-state index contributed by atoms with van der Waals surface area (Å²) in [7, 11) is 0. The minimum atomic E-state index is -0.0623. The van der Waals surface area contributed by atoms with Crippen LogP contribution >= 0.6 is 11.3 Å². The van der Waals surface area contributed by atoms with Crippen molar-refractivity contribution in [2.24, 2.45) is 0 Å².